The molecule has 8 heteroatoms. The fourth-order valence-corrected chi connectivity index (χ4v) is 2.03. The Balaban J connectivity index is 2.54. The molecule has 0 bridgehead atoms. The van der Waals surface area contributed by atoms with E-state index in [2.05, 4.69) is 37.9 Å². The molecule has 0 fully saturated rings. The molecule has 92 valence electrons. The molecule has 0 radical (unpaired) electrons. The highest BCUT2D eigenvalue weighted by Gasteiger charge is 2.18. The summed E-state index contributed by atoms with van der Waals surface area (Å²) >= 11 is 3.27. The molecule has 0 saturated heterocycles. The molecule has 0 aliphatic rings. The van der Waals surface area contributed by atoms with Gasteiger partial charge in [-0.1, -0.05) is 11.8 Å². The first kappa shape index (κ1) is 14.2. The van der Waals surface area contributed by atoms with E-state index in [-0.39, 0.29) is 11.7 Å². The van der Waals surface area contributed by atoms with Crippen molar-refractivity contribution in [1.82, 2.24) is 15.3 Å². The Kier molecular flexibility index (Phi) is 5.62. The fourth-order valence-electron chi connectivity index (χ4n) is 0.953. The molecule has 1 atom stereocenters. The van der Waals surface area contributed by atoms with E-state index in [1.54, 1.807) is 12.4 Å². The van der Waals surface area contributed by atoms with Gasteiger partial charge in [-0.3, -0.25) is 4.79 Å². The molecule has 17 heavy (non-hydrogen) atoms. The molecule has 0 aliphatic carbocycles. The lowest BCUT2D eigenvalue weighted by molar-refractivity contribution is -0.140. The Hall–Kier alpha value is -0.900. The molecule has 0 saturated carbocycles. The van der Waals surface area contributed by atoms with Crippen LogP contribution < -0.4 is 5.32 Å². The molecule has 1 heterocycles. The molecule has 1 aromatic heterocycles. The van der Waals surface area contributed by atoms with Crippen LogP contribution in [0.5, 0.6) is 0 Å². The van der Waals surface area contributed by atoms with Crippen molar-refractivity contribution >= 4 is 46.2 Å². The van der Waals surface area contributed by atoms with Crippen LogP contribution in [-0.4, -0.2) is 38.7 Å². The van der Waals surface area contributed by atoms with Crippen molar-refractivity contribution in [3.05, 3.63) is 16.0 Å². The van der Waals surface area contributed by atoms with E-state index in [4.69, 9.17) is 5.11 Å². The second kappa shape index (κ2) is 6.74. The van der Waals surface area contributed by atoms with Gasteiger partial charge in [0.25, 0.3) is 0 Å². The van der Waals surface area contributed by atoms with Gasteiger partial charge in [-0.15, -0.1) is 0 Å². The monoisotopic (exact) mass is 367 g/mol. The number of aliphatic carboxylic acids is 1. The molecule has 1 rings (SSSR count). The fraction of sp³-hybridized carbons (Fsp3) is 0.333. The number of carbonyl (C=O) groups is 2. The summed E-state index contributed by atoms with van der Waals surface area (Å²) in [6.07, 6.45) is 3.29. The van der Waals surface area contributed by atoms with Crippen molar-refractivity contribution in [3.8, 4) is 0 Å². The summed E-state index contributed by atoms with van der Waals surface area (Å²) < 4.78 is 0.906. The molecule has 1 unspecified atom stereocenters. The van der Waals surface area contributed by atoms with Gasteiger partial charge in [-0.2, -0.15) is 0 Å². The number of hydrogen-bond donors (Lipinski definition) is 2. The molecule has 1 aromatic rings. The number of nitrogens with zero attached hydrogens (tertiary/aromatic N) is 2. The van der Waals surface area contributed by atoms with Gasteiger partial charge in [0.2, 0.25) is 5.91 Å². The maximum absolute atomic E-state index is 10.8. The van der Waals surface area contributed by atoms with E-state index in [9.17, 15) is 9.59 Å². The van der Waals surface area contributed by atoms with Gasteiger partial charge in [0.05, 0.1) is 0 Å². The van der Waals surface area contributed by atoms with Gasteiger partial charge in [-0.05, 0) is 22.6 Å². The van der Waals surface area contributed by atoms with Crippen LogP contribution in [0.3, 0.4) is 0 Å². The Labute approximate surface area is 116 Å². The minimum absolute atomic E-state index is 0.190. The van der Waals surface area contributed by atoms with Crippen LogP contribution in [0.15, 0.2) is 17.6 Å². The van der Waals surface area contributed by atoms with Gasteiger partial charge in [0, 0.05) is 28.6 Å². The van der Waals surface area contributed by atoms with Gasteiger partial charge in [-0.25, -0.2) is 14.8 Å². The molecule has 0 aliphatic heterocycles. The summed E-state index contributed by atoms with van der Waals surface area (Å²) in [5.74, 6) is -1.25. The smallest absolute Gasteiger partial charge is 0.327 e. The number of amides is 1. The van der Waals surface area contributed by atoms with Crippen LogP contribution in [0, 0.1) is 3.57 Å². The number of rotatable bonds is 5. The zero-order valence-corrected chi connectivity index (χ0v) is 11.9. The van der Waals surface area contributed by atoms with E-state index < -0.39 is 12.0 Å². The van der Waals surface area contributed by atoms with Crippen LogP contribution in [0.4, 0.5) is 0 Å². The van der Waals surface area contributed by atoms with Crippen molar-refractivity contribution in [2.45, 2.75) is 18.1 Å². The number of halogens is 1. The number of thioether (sulfide) groups is 1. The van der Waals surface area contributed by atoms with Crippen molar-refractivity contribution < 1.29 is 14.7 Å². The summed E-state index contributed by atoms with van der Waals surface area (Å²) in [5, 5.41) is 11.7. The van der Waals surface area contributed by atoms with Crippen molar-refractivity contribution in [2.75, 3.05) is 5.75 Å². The SMILES string of the molecule is CC(=O)NC(CSc1ncc(I)cn1)C(=O)O. The van der Waals surface area contributed by atoms with Crippen LogP contribution in [0.25, 0.3) is 0 Å². The molecule has 0 aromatic carbocycles. The normalized spacial score (nSPS) is 11.9. The Morgan fingerprint density at radius 3 is 2.59 bits per heavy atom. The molecular formula is C9H10IN3O3S. The van der Waals surface area contributed by atoms with E-state index in [0.717, 1.165) is 3.57 Å². The average molecular weight is 367 g/mol. The van der Waals surface area contributed by atoms with Gasteiger partial charge in [0.15, 0.2) is 5.16 Å². The number of hydrogen-bond acceptors (Lipinski definition) is 5. The third kappa shape index (κ3) is 5.31. The molecular weight excluding hydrogens is 357 g/mol. The largest absolute Gasteiger partial charge is 0.480 e. The van der Waals surface area contributed by atoms with E-state index in [0.29, 0.717) is 5.16 Å². The van der Waals surface area contributed by atoms with Gasteiger partial charge >= 0.3 is 5.97 Å². The minimum atomic E-state index is -1.07. The number of carboxylic acids is 1. The second-order valence-corrected chi connectivity index (χ2v) is 5.32. The lowest BCUT2D eigenvalue weighted by Gasteiger charge is -2.11. The zero-order chi connectivity index (χ0) is 12.8. The van der Waals surface area contributed by atoms with Crippen LogP contribution >= 0.6 is 34.4 Å². The Morgan fingerprint density at radius 1 is 1.53 bits per heavy atom. The topological polar surface area (TPSA) is 92.2 Å². The predicted octanol–water partition coefficient (Wildman–Crippen LogP) is 0.763. The summed E-state index contributed by atoms with van der Waals surface area (Å²) in [6.45, 7) is 1.28. The second-order valence-electron chi connectivity index (χ2n) is 3.09. The van der Waals surface area contributed by atoms with E-state index in [1.807, 2.05) is 0 Å². The van der Waals surface area contributed by atoms with Crippen LogP contribution in [0.1, 0.15) is 6.92 Å². The van der Waals surface area contributed by atoms with Crippen LogP contribution in [-0.2, 0) is 9.59 Å². The molecule has 0 spiro atoms. The number of carbonyl (C=O) groups excluding carboxylic acids is 1. The first-order chi connectivity index (χ1) is 7.99. The van der Waals surface area contributed by atoms with Crippen molar-refractivity contribution in [2.24, 2.45) is 0 Å². The number of nitrogens with one attached hydrogen (secondary N) is 1. The van der Waals surface area contributed by atoms with Crippen LogP contribution in [0.2, 0.25) is 0 Å². The highest BCUT2D eigenvalue weighted by Crippen LogP contribution is 2.14. The standard InChI is InChI=1S/C9H10IN3O3S/c1-5(14)13-7(8(15)16)4-17-9-11-2-6(10)3-12-9/h2-3,7H,4H2,1H3,(H,13,14)(H,15,16). The summed E-state index contributed by atoms with van der Waals surface area (Å²) in [6, 6.07) is -0.930. The average Bonchev–Trinajstić information content (AvgIpc) is 2.25. The Bertz CT molecular complexity index is 412. The third-order valence-electron chi connectivity index (χ3n) is 1.65. The highest BCUT2D eigenvalue weighted by atomic mass is 127. The predicted molar refractivity (Wildman–Crippen MR) is 70.7 cm³/mol. The van der Waals surface area contributed by atoms with Crippen molar-refractivity contribution in [1.29, 1.82) is 0 Å². The van der Waals surface area contributed by atoms with Gasteiger partial charge in [0.1, 0.15) is 6.04 Å². The quantitative estimate of drug-likeness (QED) is 0.454. The molecule has 1 amide bonds. The van der Waals surface area contributed by atoms with Gasteiger partial charge < -0.3 is 10.4 Å². The number of carboxylic acid groups (broad SMARTS) is 1. The van der Waals surface area contributed by atoms with E-state index >= 15 is 0 Å². The summed E-state index contributed by atoms with van der Waals surface area (Å²) in [4.78, 5) is 29.7. The van der Waals surface area contributed by atoms with E-state index in [1.165, 1.54) is 18.7 Å². The minimum Gasteiger partial charge on any atom is -0.480 e. The first-order valence-electron chi connectivity index (χ1n) is 4.59. The maximum atomic E-state index is 10.8. The lowest BCUT2D eigenvalue weighted by atomic mass is 10.3. The van der Waals surface area contributed by atoms with Crippen molar-refractivity contribution in [3.63, 3.8) is 0 Å². The lowest BCUT2D eigenvalue weighted by Crippen LogP contribution is -2.41. The third-order valence-corrected chi connectivity index (χ3v) is 3.18. The highest BCUT2D eigenvalue weighted by molar-refractivity contribution is 14.1. The summed E-state index contributed by atoms with van der Waals surface area (Å²) in [7, 11) is 0. The Morgan fingerprint density at radius 2 is 2.12 bits per heavy atom. The zero-order valence-electron chi connectivity index (χ0n) is 8.88. The maximum Gasteiger partial charge on any atom is 0.327 e. The molecule has 2 N–H and O–H groups in total. The number of aromatic nitrogens is 2. The summed E-state index contributed by atoms with van der Waals surface area (Å²) in [5.41, 5.74) is 0. The molecule has 6 nitrogen and oxygen atoms in total. The first-order valence-corrected chi connectivity index (χ1v) is 6.65.